The maximum atomic E-state index is 11.2. The maximum absolute atomic E-state index is 11.2. The molecule has 2 heterocycles. The van der Waals surface area contributed by atoms with Gasteiger partial charge in [-0.15, -0.1) is 0 Å². The average molecular weight is 408 g/mol. The van der Waals surface area contributed by atoms with Crippen molar-refractivity contribution in [3.8, 4) is 11.3 Å². The lowest BCUT2D eigenvalue weighted by atomic mass is 10.1. The Bertz CT molecular complexity index is 994. The van der Waals surface area contributed by atoms with Crippen LogP contribution in [0.5, 0.6) is 0 Å². The quantitative estimate of drug-likeness (QED) is 0.208. The number of amides is 1. The minimum absolute atomic E-state index is 0.568. The summed E-state index contributed by atoms with van der Waals surface area (Å²) in [6, 6.07) is 14.0. The number of rotatable bonds is 10. The second kappa shape index (κ2) is 10.7. The SMILES string of the molecule is CCN(CC)CCNCc1c(-c2ccccc2)nc2cc(/C=C/C(=O)NO)ccn12. The van der Waals surface area contributed by atoms with Gasteiger partial charge in [-0.25, -0.2) is 10.5 Å². The lowest BCUT2D eigenvalue weighted by Crippen LogP contribution is -2.31. The van der Waals surface area contributed by atoms with E-state index in [9.17, 15) is 4.79 Å². The third-order valence-electron chi connectivity index (χ3n) is 5.13. The van der Waals surface area contributed by atoms with Gasteiger partial charge in [0.05, 0.1) is 11.4 Å². The van der Waals surface area contributed by atoms with E-state index < -0.39 is 5.91 Å². The lowest BCUT2D eigenvalue weighted by molar-refractivity contribution is -0.124. The van der Waals surface area contributed by atoms with Gasteiger partial charge in [-0.1, -0.05) is 44.2 Å². The molecule has 0 saturated heterocycles. The number of pyridine rings is 1. The summed E-state index contributed by atoms with van der Waals surface area (Å²) in [5.41, 5.74) is 6.34. The predicted octanol–water partition coefficient (Wildman–Crippen LogP) is 2.95. The first kappa shape index (κ1) is 21.7. The molecule has 0 unspecified atom stereocenters. The van der Waals surface area contributed by atoms with Gasteiger partial charge in [-0.3, -0.25) is 10.0 Å². The molecule has 3 N–H and O–H groups in total. The van der Waals surface area contributed by atoms with Crippen LogP contribution in [0.3, 0.4) is 0 Å². The molecule has 2 aromatic heterocycles. The number of hydroxylamine groups is 1. The number of hydrogen-bond acceptors (Lipinski definition) is 5. The van der Waals surface area contributed by atoms with Crippen LogP contribution in [-0.2, 0) is 11.3 Å². The van der Waals surface area contributed by atoms with Gasteiger partial charge in [-0.2, -0.15) is 0 Å². The first-order valence-corrected chi connectivity index (χ1v) is 10.3. The van der Waals surface area contributed by atoms with E-state index in [0.29, 0.717) is 6.54 Å². The number of likely N-dealkylation sites (N-methyl/N-ethyl adjacent to an activating group) is 1. The van der Waals surface area contributed by atoms with Crippen molar-refractivity contribution in [1.29, 1.82) is 0 Å². The molecule has 1 aromatic carbocycles. The minimum atomic E-state index is -0.568. The van der Waals surface area contributed by atoms with Crippen LogP contribution in [0.25, 0.3) is 23.0 Å². The Morgan fingerprint density at radius 2 is 1.97 bits per heavy atom. The van der Waals surface area contributed by atoms with E-state index in [1.54, 1.807) is 11.6 Å². The summed E-state index contributed by atoms with van der Waals surface area (Å²) in [6.07, 6.45) is 4.89. The standard InChI is InChI=1S/C23H29N5O2/c1-3-27(4-2)15-13-24-17-20-23(19-8-6-5-7-9-19)25-21-16-18(12-14-28(20)21)10-11-22(29)26-30/h5-12,14,16,24,30H,3-4,13,15,17H2,1-2H3,(H,26,29)/b11-10+. The smallest absolute Gasteiger partial charge is 0.267 e. The van der Waals surface area contributed by atoms with Crippen LogP contribution in [0.15, 0.2) is 54.7 Å². The summed E-state index contributed by atoms with van der Waals surface area (Å²) < 4.78 is 2.08. The van der Waals surface area contributed by atoms with Crippen LogP contribution in [0, 0.1) is 0 Å². The molecule has 0 saturated carbocycles. The molecule has 7 heteroatoms. The first-order chi connectivity index (χ1) is 14.7. The number of hydrogen-bond donors (Lipinski definition) is 3. The zero-order chi connectivity index (χ0) is 21.3. The number of benzene rings is 1. The van der Waals surface area contributed by atoms with Crippen LogP contribution in [0.2, 0.25) is 0 Å². The van der Waals surface area contributed by atoms with Crippen molar-refractivity contribution >= 4 is 17.6 Å². The Hall–Kier alpha value is -3.00. The molecule has 3 rings (SSSR count). The van der Waals surface area contributed by atoms with E-state index in [-0.39, 0.29) is 0 Å². The molecule has 158 valence electrons. The highest BCUT2D eigenvalue weighted by atomic mass is 16.5. The van der Waals surface area contributed by atoms with E-state index in [1.807, 2.05) is 36.5 Å². The molecule has 0 bridgehead atoms. The summed E-state index contributed by atoms with van der Waals surface area (Å²) in [5.74, 6) is -0.568. The Balaban J connectivity index is 1.88. The van der Waals surface area contributed by atoms with Crippen molar-refractivity contribution < 1.29 is 10.0 Å². The molecular weight excluding hydrogens is 378 g/mol. The van der Waals surface area contributed by atoms with Gasteiger partial charge in [0, 0.05) is 37.5 Å². The number of nitrogens with one attached hydrogen (secondary N) is 2. The van der Waals surface area contributed by atoms with Crippen molar-refractivity contribution in [3.05, 3.63) is 66.0 Å². The van der Waals surface area contributed by atoms with E-state index in [1.165, 1.54) is 6.08 Å². The second-order valence-electron chi connectivity index (χ2n) is 6.97. The van der Waals surface area contributed by atoms with Gasteiger partial charge in [0.25, 0.3) is 5.91 Å². The van der Waals surface area contributed by atoms with Crippen LogP contribution in [0.4, 0.5) is 0 Å². The Morgan fingerprint density at radius 3 is 2.67 bits per heavy atom. The largest absolute Gasteiger partial charge is 0.310 e. The third-order valence-corrected chi connectivity index (χ3v) is 5.13. The minimum Gasteiger partial charge on any atom is -0.310 e. The number of fused-ring (bicyclic) bond motifs is 1. The van der Waals surface area contributed by atoms with Crippen molar-refractivity contribution in [2.45, 2.75) is 20.4 Å². The van der Waals surface area contributed by atoms with Crippen LogP contribution < -0.4 is 10.8 Å². The summed E-state index contributed by atoms with van der Waals surface area (Å²) in [7, 11) is 0. The molecule has 0 aliphatic rings. The monoisotopic (exact) mass is 407 g/mol. The van der Waals surface area contributed by atoms with Crippen molar-refractivity contribution in [2.75, 3.05) is 26.2 Å². The number of nitrogens with zero attached hydrogens (tertiary/aromatic N) is 3. The van der Waals surface area contributed by atoms with E-state index in [2.05, 4.69) is 40.6 Å². The number of imidazole rings is 1. The summed E-state index contributed by atoms with van der Waals surface area (Å²) >= 11 is 0. The molecule has 0 aliphatic heterocycles. The molecular formula is C23H29N5O2. The maximum Gasteiger partial charge on any atom is 0.267 e. The van der Waals surface area contributed by atoms with Gasteiger partial charge < -0.3 is 14.6 Å². The zero-order valence-corrected chi connectivity index (χ0v) is 17.5. The molecule has 1 amide bonds. The predicted molar refractivity (Wildman–Crippen MR) is 119 cm³/mol. The Morgan fingerprint density at radius 1 is 1.20 bits per heavy atom. The molecule has 30 heavy (non-hydrogen) atoms. The van der Waals surface area contributed by atoms with Crippen molar-refractivity contribution in [1.82, 2.24) is 25.1 Å². The highest BCUT2D eigenvalue weighted by Crippen LogP contribution is 2.25. The molecule has 7 nitrogen and oxygen atoms in total. The zero-order valence-electron chi connectivity index (χ0n) is 17.5. The van der Waals surface area contributed by atoms with Crippen LogP contribution in [-0.4, -0.2) is 51.6 Å². The van der Waals surface area contributed by atoms with Crippen LogP contribution >= 0.6 is 0 Å². The van der Waals surface area contributed by atoms with Crippen molar-refractivity contribution in [3.63, 3.8) is 0 Å². The molecule has 3 aromatic rings. The van der Waals surface area contributed by atoms with Gasteiger partial charge >= 0.3 is 0 Å². The molecule has 0 fully saturated rings. The van der Waals surface area contributed by atoms with Crippen molar-refractivity contribution in [2.24, 2.45) is 0 Å². The highest BCUT2D eigenvalue weighted by Gasteiger charge is 2.14. The normalized spacial score (nSPS) is 11.6. The summed E-state index contributed by atoms with van der Waals surface area (Å²) in [4.78, 5) is 18.5. The lowest BCUT2D eigenvalue weighted by Gasteiger charge is -2.18. The summed E-state index contributed by atoms with van der Waals surface area (Å²) in [5, 5.41) is 12.2. The van der Waals surface area contributed by atoms with Gasteiger partial charge in [-0.05, 0) is 36.9 Å². The fourth-order valence-corrected chi connectivity index (χ4v) is 3.40. The first-order valence-electron chi connectivity index (χ1n) is 10.3. The van der Waals surface area contributed by atoms with Gasteiger partial charge in [0.15, 0.2) is 0 Å². The number of carbonyl (C=O) groups is 1. The van der Waals surface area contributed by atoms with Gasteiger partial charge in [0.1, 0.15) is 5.65 Å². The highest BCUT2D eigenvalue weighted by molar-refractivity contribution is 5.91. The topological polar surface area (TPSA) is 81.9 Å². The fourth-order valence-electron chi connectivity index (χ4n) is 3.40. The van der Waals surface area contributed by atoms with E-state index in [4.69, 9.17) is 10.2 Å². The van der Waals surface area contributed by atoms with Crippen LogP contribution in [0.1, 0.15) is 25.1 Å². The molecule has 0 spiro atoms. The molecule has 0 radical (unpaired) electrons. The molecule has 0 atom stereocenters. The Kier molecular flexibility index (Phi) is 7.73. The number of carbonyl (C=O) groups excluding carboxylic acids is 1. The molecule has 0 aliphatic carbocycles. The average Bonchev–Trinajstić information content (AvgIpc) is 3.16. The van der Waals surface area contributed by atoms with Gasteiger partial charge in [0.2, 0.25) is 0 Å². The van der Waals surface area contributed by atoms with E-state index >= 15 is 0 Å². The third kappa shape index (κ3) is 5.33. The fraction of sp³-hybridized carbons (Fsp3) is 0.304. The second-order valence-corrected chi connectivity index (χ2v) is 6.97. The number of aromatic nitrogens is 2. The Labute approximate surface area is 177 Å². The summed E-state index contributed by atoms with van der Waals surface area (Å²) in [6.45, 7) is 9.07. The van der Waals surface area contributed by atoms with E-state index in [0.717, 1.165) is 54.3 Å².